The molecule has 4 nitrogen and oxygen atoms in total. The lowest BCUT2D eigenvalue weighted by Gasteiger charge is -2.08. The molecule has 1 N–H and O–H groups in total. The predicted octanol–water partition coefficient (Wildman–Crippen LogP) is 3.67. The zero-order valence-electron chi connectivity index (χ0n) is 11.2. The molecule has 0 unspecified atom stereocenters. The molecule has 0 amide bonds. The highest BCUT2D eigenvalue weighted by Crippen LogP contribution is 2.14. The van der Waals surface area contributed by atoms with E-state index in [2.05, 4.69) is 62.4 Å². The van der Waals surface area contributed by atoms with Gasteiger partial charge in [0.05, 0.1) is 24.6 Å². The number of imidazole rings is 1. The number of aryl methyl sites for hydroxylation is 1. The smallest absolute Gasteiger partial charge is 0.155 e. The Labute approximate surface area is 126 Å². The first-order chi connectivity index (χ1) is 9.76. The molecule has 1 aromatic carbocycles. The minimum absolute atomic E-state index is 0.727. The molecule has 0 spiro atoms. The number of hydrogen-bond acceptors (Lipinski definition) is 3. The van der Waals surface area contributed by atoms with Gasteiger partial charge in [0.1, 0.15) is 4.60 Å². The summed E-state index contributed by atoms with van der Waals surface area (Å²) in [4.78, 5) is 8.52. The van der Waals surface area contributed by atoms with E-state index in [1.807, 2.05) is 16.8 Å². The first kappa shape index (κ1) is 13.1. The van der Waals surface area contributed by atoms with E-state index in [1.54, 1.807) is 6.20 Å². The molecule has 20 heavy (non-hydrogen) atoms. The Morgan fingerprint density at radius 3 is 3.00 bits per heavy atom. The third-order valence-corrected chi connectivity index (χ3v) is 3.66. The average molecular weight is 331 g/mol. The number of benzene rings is 1. The van der Waals surface area contributed by atoms with Gasteiger partial charge in [-0.05, 0) is 40.0 Å². The maximum absolute atomic E-state index is 4.35. The van der Waals surface area contributed by atoms with E-state index in [0.29, 0.717) is 0 Å². The van der Waals surface area contributed by atoms with Gasteiger partial charge in [0, 0.05) is 11.9 Å². The molecule has 0 aliphatic heterocycles. The first-order valence-corrected chi connectivity index (χ1v) is 7.36. The second-order valence-corrected chi connectivity index (χ2v) is 5.41. The number of nitrogens with one attached hydrogen (secondary N) is 1. The van der Waals surface area contributed by atoms with Crippen LogP contribution in [0.1, 0.15) is 18.2 Å². The Morgan fingerprint density at radius 2 is 2.15 bits per heavy atom. The van der Waals surface area contributed by atoms with Crippen LogP contribution in [0.25, 0.3) is 5.65 Å². The number of halogens is 1. The summed E-state index contributed by atoms with van der Waals surface area (Å²) < 4.78 is 2.84. The highest BCUT2D eigenvalue weighted by molar-refractivity contribution is 9.10. The van der Waals surface area contributed by atoms with Gasteiger partial charge in [0.15, 0.2) is 5.65 Å². The molecule has 2 heterocycles. The first-order valence-electron chi connectivity index (χ1n) is 6.56. The molecule has 0 saturated carbocycles. The van der Waals surface area contributed by atoms with Crippen molar-refractivity contribution >= 4 is 27.3 Å². The van der Waals surface area contributed by atoms with Gasteiger partial charge in [-0.3, -0.25) is 4.40 Å². The van der Waals surface area contributed by atoms with Gasteiger partial charge in [-0.25, -0.2) is 9.97 Å². The zero-order valence-corrected chi connectivity index (χ0v) is 12.8. The van der Waals surface area contributed by atoms with Crippen molar-refractivity contribution < 1.29 is 0 Å². The molecule has 0 aliphatic rings. The van der Waals surface area contributed by atoms with E-state index < -0.39 is 0 Å². The summed E-state index contributed by atoms with van der Waals surface area (Å²) in [6, 6.07) is 8.49. The monoisotopic (exact) mass is 330 g/mol. The predicted molar refractivity (Wildman–Crippen MR) is 83.8 cm³/mol. The second-order valence-electron chi connectivity index (χ2n) is 4.60. The van der Waals surface area contributed by atoms with Crippen LogP contribution in [-0.4, -0.2) is 14.4 Å². The van der Waals surface area contributed by atoms with E-state index in [0.717, 1.165) is 34.6 Å². The van der Waals surface area contributed by atoms with Gasteiger partial charge >= 0.3 is 0 Å². The molecule has 0 saturated heterocycles. The fourth-order valence-corrected chi connectivity index (χ4v) is 2.45. The molecule has 0 radical (unpaired) electrons. The standard InChI is InChI=1S/C15H15BrN4/c1-2-11-4-3-5-12(6-11)17-7-13-8-19-15-9-18-14(16)10-20(13)15/h3-6,8-10,17H,2,7H2,1H3. The van der Waals surface area contributed by atoms with Crippen LogP contribution in [-0.2, 0) is 13.0 Å². The van der Waals surface area contributed by atoms with Crippen molar-refractivity contribution in [2.45, 2.75) is 19.9 Å². The molecule has 102 valence electrons. The van der Waals surface area contributed by atoms with E-state index in [9.17, 15) is 0 Å². The van der Waals surface area contributed by atoms with Gasteiger partial charge in [0.2, 0.25) is 0 Å². The van der Waals surface area contributed by atoms with Crippen molar-refractivity contribution in [1.82, 2.24) is 14.4 Å². The largest absolute Gasteiger partial charge is 0.379 e. The summed E-state index contributed by atoms with van der Waals surface area (Å²) in [6.07, 6.45) is 6.61. The number of hydrogen-bond donors (Lipinski definition) is 1. The Kier molecular flexibility index (Phi) is 3.69. The minimum atomic E-state index is 0.727. The van der Waals surface area contributed by atoms with Crippen molar-refractivity contribution in [3.63, 3.8) is 0 Å². The normalized spacial score (nSPS) is 10.9. The van der Waals surface area contributed by atoms with Crippen LogP contribution >= 0.6 is 15.9 Å². The summed E-state index contributed by atoms with van der Waals surface area (Å²) >= 11 is 3.39. The number of rotatable bonds is 4. The molecule has 0 aliphatic carbocycles. The lowest BCUT2D eigenvalue weighted by molar-refractivity contribution is 0.982. The van der Waals surface area contributed by atoms with Crippen molar-refractivity contribution in [3.8, 4) is 0 Å². The molecule has 0 atom stereocenters. The van der Waals surface area contributed by atoms with Crippen LogP contribution in [0, 0.1) is 0 Å². The number of aromatic nitrogens is 3. The molecule has 3 aromatic rings. The topological polar surface area (TPSA) is 42.2 Å². The number of anilines is 1. The Hall–Kier alpha value is -1.88. The van der Waals surface area contributed by atoms with Crippen molar-refractivity contribution in [2.75, 3.05) is 5.32 Å². The molecular weight excluding hydrogens is 316 g/mol. The van der Waals surface area contributed by atoms with E-state index in [4.69, 9.17) is 0 Å². The summed E-state index contributed by atoms with van der Waals surface area (Å²) in [5.41, 5.74) is 4.42. The SMILES string of the molecule is CCc1cccc(NCc2cnc3cnc(Br)cn23)c1. The fraction of sp³-hybridized carbons (Fsp3) is 0.200. The Morgan fingerprint density at radius 1 is 1.25 bits per heavy atom. The van der Waals surface area contributed by atoms with Gasteiger partial charge < -0.3 is 5.32 Å². The average Bonchev–Trinajstić information content (AvgIpc) is 2.87. The maximum atomic E-state index is 4.35. The maximum Gasteiger partial charge on any atom is 0.155 e. The van der Waals surface area contributed by atoms with Crippen molar-refractivity contribution in [3.05, 3.63) is 58.7 Å². The minimum Gasteiger partial charge on any atom is -0.379 e. The summed E-state index contributed by atoms with van der Waals surface area (Å²) in [6.45, 7) is 2.89. The molecule has 5 heteroatoms. The molecule has 3 rings (SSSR count). The summed E-state index contributed by atoms with van der Waals surface area (Å²) in [5.74, 6) is 0. The van der Waals surface area contributed by atoms with Crippen LogP contribution in [0.2, 0.25) is 0 Å². The van der Waals surface area contributed by atoms with Crippen LogP contribution in [0.5, 0.6) is 0 Å². The number of nitrogens with zero attached hydrogens (tertiary/aromatic N) is 3. The van der Waals surface area contributed by atoms with Gasteiger partial charge in [-0.2, -0.15) is 0 Å². The third kappa shape index (κ3) is 2.67. The highest BCUT2D eigenvalue weighted by atomic mass is 79.9. The van der Waals surface area contributed by atoms with Gasteiger partial charge in [-0.15, -0.1) is 0 Å². The highest BCUT2D eigenvalue weighted by Gasteiger charge is 2.04. The van der Waals surface area contributed by atoms with Crippen LogP contribution in [0.15, 0.2) is 47.5 Å². The lowest BCUT2D eigenvalue weighted by Crippen LogP contribution is -2.03. The Bertz CT molecular complexity index is 736. The second kappa shape index (κ2) is 5.63. The van der Waals surface area contributed by atoms with Crippen molar-refractivity contribution in [1.29, 1.82) is 0 Å². The lowest BCUT2D eigenvalue weighted by atomic mass is 10.1. The molecule has 0 bridgehead atoms. The van der Waals surface area contributed by atoms with Gasteiger partial charge in [-0.1, -0.05) is 19.1 Å². The van der Waals surface area contributed by atoms with E-state index >= 15 is 0 Å². The number of fused-ring (bicyclic) bond motifs is 1. The molecular formula is C15H15BrN4. The van der Waals surface area contributed by atoms with E-state index in [1.165, 1.54) is 5.56 Å². The van der Waals surface area contributed by atoms with E-state index in [-0.39, 0.29) is 0 Å². The summed E-state index contributed by atoms with van der Waals surface area (Å²) in [5, 5.41) is 3.44. The molecule has 2 aromatic heterocycles. The quantitative estimate of drug-likeness (QED) is 0.793. The zero-order chi connectivity index (χ0) is 13.9. The van der Waals surface area contributed by atoms with Crippen LogP contribution < -0.4 is 5.32 Å². The van der Waals surface area contributed by atoms with Crippen LogP contribution in [0.4, 0.5) is 5.69 Å². The Balaban J connectivity index is 1.81. The fourth-order valence-electron chi connectivity index (χ4n) is 2.14. The van der Waals surface area contributed by atoms with Crippen molar-refractivity contribution in [2.24, 2.45) is 0 Å². The third-order valence-electron chi connectivity index (χ3n) is 3.25. The summed E-state index contributed by atoms with van der Waals surface area (Å²) in [7, 11) is 0. The van der Waals surface area contributed by atoms with Gasteiger partial charge in [0.25, 0.3) is 0 Å². The van der Waals surface area contributed by atoms with Crippen LogP contribution in [0.3, 0.4) is 0 Å². The molecule has 0 fully saturated rings.